The quantitative estimate of drug-likeness (QED) is 0.439. The number of nitrogens with one attached hydrogen (secondary N) is 1. The van der Waals surface area contributed by atoms with Crippen molar-refractivity contribution in [2.75, 3.05) is 21.3 Å². The summed E-state index contributed by atoms with van der Waals surface area (Å²) in [5.41, 5.74) is 0.597. The Morgan fingerprint density at radius 3 is 2.19 bits per heavy atom. The van der Waals surface area contributed by atoms with Gasteiger partial charge in [-0.25, -0.2) is 4.98 Å². The van der Waals surface area contributed by atoms with Gasteiger partial charge in [0.2, 0.25) is 11.7 Å². The minimum absolute atomic E-state index is 0.0218. The Balaban J connectivity index is 2.26. The average molecular weight is 527 g/mol. The Hall–Kier alpha value is -3.85. The third-order valence-electron chi connectivity index (χ3n) is 5.40. The minimum Gasteiger partial charge on any atom is -0.493 e. The maximum Gasteiger partial charge on any atom is 0.275 e. The zero-order valence-electron chi connectivity index (χ0n) is 21.7. The standard InChI is InChI=1S/C27H31ClN4O5/c1-27(2,3)31-25(33)23(18-13-21(35-4)24(37-6)22(14-18)36-5)32(16-17-9-7-8-10-19(17)28)26(34)20-15-29-11-12-30-20/h7-15,23H,16H2,1-6H3,(H,31,33)/t23-/m1/s1. The van der Waals surface area contributed by atoms with Crippen molar-refractivity contribution in [2.24, 2.45) is 0 Å². The fourth-order valence-corrected chi connectivity index (χ4v) is 4.01. The van der Waals surface area contributed by atoms with Gasteiger partial charge in [-0.1, -0.05) is 29.8 Å². The number of halogens is 1. The Bertz CT molecular complexity index is 1220. The summed E-state index contributed by atoms with van der Waals surface area (Å²) >= 11 is 6.47. The van der Waals surface area contributed by atoms with Crippen molar-refractivity contribution in [2.45, 2.75) is 38.9 Å². The first kappa shape index (κ1) is 27.7. The molecule has 37 heavy (non-hydrogen) atoms. The SMILES string of the molecule is COc1cc([C@H](C(=O)NC(C)(C)C)N(Cc2ccccc2Cl)C(=O)c2cnccn2)cc(OC)c1OC. The first-order chi connectivity index (χ1) is 17.6. The van der Waals surface area contributed by atoms with E-state index >= 15 is 0 Å². The lowest BCUT2D eigenvalue weighted by Crippen LogP contribution is -2.49. The van der Waals surface area contributed by atoms with Crippen LogP contribution in [0.5, 0.6) is 17.2 Å². The van der Waals surface area contributed by atoms with E-state index < -0.39 is 23.4 Å². The summed E-state index contributed by atoms with van der Waals surface area (Å²) in [6, 6.07) is 9.33. The van der Waals surface area contributed by atoms with Crippen molar-refractivity contribution < 1.29 is 23.8 Å². The summed E-state index contributed by atoms with van der Waals surface area (Å²) in [6.07, 6.45) is 4.25. The summed E-state index contributed by atoms with van der Waals surface area (Å²) in [4.78, 5) is 37.4. The van der Waals surface area contributed by atoms with Crippen molar-refractivity contribution in [1.82, 2.24) is 20.2 Å². The number of carbonyl (C=O) groups is 2. The normalized spacial score (nSPS) is 11.9. The lowest BCUT2D eigenvalue weighted by Gasteiger charge is -2.34. The van der Waals surface area contributed by atoms with Crippen molar-refractivity contribution in [3.05, 3.63) is 76.8 Å². The molecule has 3 rings (SSSR count). The Labute approximate surface area is 221 Å². The smallest absolute Gasteiger partial charge is 0.275 e. The molecule has 0 bridgehead atoms. The molecule has 2 aromatic carbocycles. The van der Waals surface area contributed by atoms with E-state index in [0.29, 0.717) is 33.4 Å². The number of hydrogen-bond acceptors (Lipinski definition) is 7. The van der Waals surface area contributed by atoms with Crippen LogP contribution in [0.15, 0.2) is 55.0 Å². The van der Waals surface area contributed by atoms with E-state index in [4.69, 9.17) is 25.8 Å². The molecule has 1 N–H and O–H groups in total. The van der Waals surface area contributed by atoms with Crippen LogP contribution in [-0.2, 0) is 11.3 Å². The predicted octanol–water partition coefficient (Wildman–Crippen LogP) is 4.45. The molecule has 1 heterocycles. The number of carbonyl (C=O) groups excluding carboxylic acids is 2. The molecule has 0 fully saturated rings. The molecule has 1 atom stereocenters. The van der Waals surface area contributed by atoms with Crippen LogP contribution < -0.4 is 19.5 Å². The molecule has 0 saturated heterocycles. The third kappa shape index (κ3) is 6.68. The fraction of sp³-hybridized carbons (Fsp3) is 0.333. The Morgan fingerprint density at radius 2 is 1.68 bits per heavy atom. The number of aromatic nitrogens is 2. The van der Waals surface area contributed by atoms with E-state index in [1.54, 1.807) is 30.3 Å². The minimum atomic E-state index is -1.11. The fourth-order valence-electron chi connectivity index (χ4n) is 3.82. The summed E-state index contributed by atoms with van der Waals surface area (Å²) in [7, 11) is 4.46. The topological polar surface area (TPSA) is 103 Å². The molecule has 0 saturated carbocycles. The molecule has 10 heteroatoms. The molecule has 0 radical (unpaired) electrons. The van der Waals surface area contributed by atoms with Gasteiger partial charge in [-0.05, 0) is 50.1 Å². The van der Waals surface area contributed by atoms with Crippen LogP contribution in [-0.4, -0.2) is 53.6 Å². The van der Waals surface area contributed by atoms with Gasteiger partial charge in [0.15, 0.2) is 11.5 Å². The number of nitrogens with zero attached hydrogens (tertiary/aromatic N) is 3. The first-order valence-corrected chi connectivity index (χ1v) is 11.9. The molecular formula is C27H31ClN4O5. The van der Waals surface area contributed by atoms with Gasteiger partial charge in [0.05, 0.1) is 27.5 Å². The van der Waals surface area contributed by atoms with Gasteiger partial charge in [0.1, 0.15) is 11.7 Å². The molecule has 9 nitrogen and oxygen atoms in total. The van der Waals surface area contributed by atoms with E-state index in [1.165, 1.54) is 44.8 Å². The second-order valence-corrected chi connectivity index (χ2v) is 9.62. The molecule has 0 aliphatic rings. The van der Waals surface area contributed by atoms with Crippen molar-refractivity contribution in [1.29, 1.82) is 0 Å². The maximum atomic E-state index is 13.9. The van der Waals surface area contributed by atoms with Gasteiger partial charge in [-0.2, -0.15) is 0 Å². The molecular weight excluding hydrogens is 496 g/mol. The van der Waals surface area contributed by atoms with Gasteiger partial charge in [-0.15, -0.1) is 0 Å². The lowest BCUT2D eigenvalue weighted by molar-refractivity contribution is -0.127. The highest BCUT2D eigenvalue weighted by molar-refractivity contribution is 6.31. The zero-order chi connectivity index (χ0) is 27.2. The molecule has 0 aliphatic carbocycles. The Kier molecular flexibility index (Phi) is 8.94. The molecule has 1 aromatic heterocycles. The summed E-state index contributed by atoms with van der Waals surface area (Å²) in [5.74, 6) is 0.133. The number of methoxy groups -OCH3 is 3. The van der Waals surface area contributed by atoms with Crippen LogP contribution in [0.1, 0.15) is 48.4 Å². The van der Waals surface area contributed by atoms with Crippen molar-refractivity contribution >= 4 is 23.4 Å². The average Bonchev–Trinajstić information content (AvgIpc) is 2.87. The van der Waals surface area contributed by atoms with E-state index in [2.05, 4.69) is 15.3 Å². The van der Waals surface area contributed by atoms with E-state index in [9.17, 15) is 9.59 Å². The number of benzene rings is 2. The molecule has 0 spiro atoms. The first-order valence-electron chi connectivity index (χ1n) is 11.5. The number of amides is 2. The molecule has 0 unspecified atom stereocenters. The van der Waals surface area contributed by atoms with Crippen LogP contribution in [0, 0.1) is 0 Å². The van der Waals surface area contributed by atoms with E-state index in [0.717, 1.165) is 0 Å². The van der Waals surface area contributed by atoms with Crippen LogP contribution in [0.3, 0.4) is 0 Å². The molecule has 3 aromatic rings. The summed E-state index contributed by atoms with van der Waals surface area (Å²) in [6.45, 7) is 5.61. The van der Waals surface area contributed by atoms with E-state index in [-0.39, 0.29) is 12.2 Å². The highest BCUT2D eigenvalue weighted by atomic mass is 35.5. The van der Waals surface area contributed by atoms with Crippen LogP contribution in [0.2, 0.25) is 5.02 Å². The van der Waals surface area contributed by atoms with E-state index in [1.807, 2.05) is 26.8 Å². The number of rotatable bonds is 9. The summed E-state index contributed by atoms with van der Waals surface area (Å²) < 4.78 is 16.5. The van der Waals surface area contributed by atoms with Gasteiger partial charge in [-0.3, -0.25) is 14.6 Å². The second-order valence-electron chi connectivity index (χ2n) is 9.22. The van der Waals surface area contributed by atoms with Crippen LogP contribution in [0.25, 0.3) is 0 Å². The predicted molar refractivity (Wildman–Crippen MR) is 140 cm³/mol. The van der Waals surface area contributed by atoms with Crippen LogP contribution in [0.4, 0.5) is 0 Å². The van der Waals surface area contributed by atoms with Crippen molar-refractivity contribution in [3.8, 4) is 17.2 Å². The maximum absolute atomic E-state index is 13.9. The molecule has 196 valence electrons. The molecule has 2 amide bonds. The van der Waals surface area contributed by atoms with Gasteiger partial charge in [0.25, 0.3) is 5.91 Å². The molecule has 0 aliphatic heterocycles. The largest absolute Gasteiger partial charge is 0.493 e. The third-order valence-corrected chi connectivity index (χ3v) is 5.77. The van der Waals surface area contributed by atoms with Gasteiger partial charge < -0.3 is 24.4 Å². The number of ether oxygens (including phenoxy) is 3. The highest BCUT2D eigenvalue weighted by Crippen LogP contribution is 2.41. The Morgan fingerprint density at radius 1 is 1.03 bits per heavy atom. The monoisotopic (exact) mass is 526 g/mol. The van der Waals surface area contributed by atoms with Gasteiger partial charge in [0, 0.05) is 29.5 Å². The summed E-state index contributed by atoms with van der Waals surface area (Å²) in [5, 5.41) is 3.45. The lowest BCUT2D eigenvalue weighted by atomic mass is 9.99. The van der Waals surface area contributed by atoms with Gasteiger partial charge >= 0.3 is 0 Å². The second kappa shape index (κ2) is 11.9. The van der Waals surface area contributed by atoms with Crippen molar-refractivity contribution in [3.63, 3.8) is 0 Å². The number of hydrogen-bond donors (Lipinski definition) is 1. The van der Waals surface area contributed by atoms with Crippen LogP contribution >= 0.6 is 11.6 Å². The highest BCUT2D eigenvalue weighted by Gasteiger charge is 2.36. The zero-order valence-corrected chi connectivity index (χ0v) is 22.5.